The Morgan fingerprint density at radius 2 is 1.00 bits per heavy atom. The first-order valence-corrected chi connectivity index (χ1v) is 33.1. The highest BCUT2D eigenvalue weighted by atomic mass is 35.5. The molecule has 28 nitrogen and oxygen atoms in total. The van der Waals surface area contributed by atoms with E-state index >= 15 is 0 Å². The van der Waals surface area contributed by atoms with Gasteiger partial charge in [-0.3, -0.25) is 57.7 Å². The summed E-state index contributed by atoms with van der Waals surface area (Å²) < 4.78 is 0. The van der Waals surface area contributed by atoms with Crippen molar-refractivity contribution in [3.8, 4) is 24.7 Å². The monoisotopic (exact) mass is 1400 g/mol. The van der Waals surface area contributed by atoms with Gasteiger partial charge in [0.25, 0.3) is 11.8 Å². The second kappa shape index (κ2) is 33.6. The Morgan fingerprint density at radius 3 is 1.32 bits per heavy atom. The molecule has 4 heterocycles. The van der Waals surface area contributed by atoms with Crippen LogP contribution in [0.25, 0.3) is 0 Å². The molecule has 0 spiro atoms. The zero-order valence-electron chi connectivity index (χ0n) is 61.0. The number of nitrogens with two attached hydrogens (primary N) is 1. The predicted octanol–water partition coefficient (Wildman–Crippen LogP) is 2.93. The molecule has 0 aromatic carbocycles. The van der Waals surface area contributed by atoms with Gasteiger partial charge < -0.3 is 57.2 Å². The summed E-state index contributed by atoms with van der Waals surface area (Å²) in [6, 6.07) is -8.42. The first kappa shape index (κ1) is 84.8. The Kier molecular flexibility index (Phi) is 28.8. The van der Waals surface area contributed by atoms with Gasteiger partial charge in [0.05, 0.1) is 24.7 Å². The van der Waals surface area contributed by atoms with Gasteiger partial charge in [-0.15, -0.1) is 50.3 Å². The second-order valence-electron chi connectivity index (χ2n) is 31.7. The van der Waals surface area contributed by atoms with E-state index in [0.717, 1.165) is 4.90 Å². The summed E-state index contributed by atoms with van der Waals surface area (Å²) in [6.45, 7) is 38.5. The molecular formula is C70H107ClN14O14. The van der Waals surface area contributed by atoms with Crippen LogP contribution in [0.5, 0.6) is 0 Å². The second-order valence-corrected chi connectivity index (χ2v) is 31.7. The van der Waals surface area contributed by atoms with E-state index in [9.17, 15) is 67.1 Å². The molecule has 0 radical (unpaired) electrons. The van der Waals surface area contributed by atoms with E-state index in [1.165, 1.54) is 49.8 Å². The van der Waals surface area contributed by atoms with Crippen molar-refractivity contribution in [2.24, 2.45) is 66.9 Å². The quantitative estimate of drug-likeness (QED) is 0.0173. The number of amides is 14. The molecule has 29 heteroatoms. The molecule has 2 aliphatic carbocycles. The first-order chi connectivity index (χ1) is 45.1. The molecule has 0 bridgehead atoms. The highest BCUT2D eigenvalue weighted by molar-refractivity contribution is 6.39. The fourth-order valence-electron chi connectivity index (χ4n) is 12.8. The van der Waals surface area contributed by atoms with Crippen molar-refractivity contribution in [2.45, 2.75) is 185 Å². The van der Waals surface area contributed by atoms with Gasteiger partial charge in [0.15, 0.2) is 0 Å². The maximum absolute atomic E-state index is 14.4. The van der Waals surface area contributed by atoms with Crippen molar-refractivity contribution in [3.05, 3.63) is 25.3 Å². The molecule has 0 aromatic rings. The molecule has 6 fully saturated rings. The van der Waals surface area contributed by atoms with Gasteiger partial charge in [-0.1, -0.05) is 123 Å². The van der Waals surface area contributed by atoms with Gasteiger partial charge in [0, 0.05) is 65.7 Å². The molecule has 12 atom stereocenters. The van der Waals surface area contributed by atoms with E-state index in [1.54, 1.807) is 48.6 Å². The number of carbonyl (C=O) groups is 13. The van der Waals surface area contributed by atoms with Gasteiger partial charge in [0.2, 0.25) is 53.1 Å². The Bertz CT molecular complexity index is 3270. The molecule has 0 aromatic heterocycles. The summed E-state index contributed by atoms with van der Waals surface area (Å²) in [5.41, 5.74) is 3.39. The van der Waals surface area contributed by atoms with Crippen molar-refractivity contribution in [1.29, 1.82) is 0 Å². The number of nitrogens with one attached hydrogen (secondary N) is 6. The van der Waals surface area contributed by atoms with Crippen LogP contribution in [-0.2, 0) is 52.7 Å². The highest BCUT2D eigenvalue weighted by Crippen LogP contribution is 2.66. The number of halogens is 1. The third-order valence-electron chi connectivity index (χ3n) is 19.5. The van der Waals surface area contributed by atoms with E-state index in [1.807, 2.05) is 69.2 Å². The average Bonchev–Trinajstić information content (AvgIpc) is 1.53. The molecule has 4 saturated heterocycles. The first-order valence-electron chi connectivity index (χ1n) is 33.1. The minimum Gasteiger partial charge on any atom is -0.346 e. The number of urea groups is 3. The Hall–Kier alpha value is -8.46. The number of nitrogens with zero attached hydrogens (tertiary/aromatic N) is 7. The minimum atomic E-state index is -1.20. The number of likely N-dealkylation sites (tertiary alicyclic amines) is 2. The van der Waals surface area contributed by atoms with E-state index in [2.05, 4.69) is 61.9 Å². The predicted molar refractivity (Wildman–Crippen MR) is 373 cm³/mol. The number of ketones is 2. The van der Waals surface area contributed by atoms with Gasteiger partial charge >= 0.3 is 18.1 Å². The lowest BCUT2D eigenvalue weighted by Gasteiger charge is -2.39. The van der Waals surface area contributed by atoms with Crippen LogP contribution in [0.15, 0.2) is 30.3 Å². The molecule has 14 amide bonds. The largest absolute Gasteiger partial charge is 0.346 e. The average molecular weight is 1400 g/mol. The fourth-order valence-corrected chi connectivity index (χ4v) is 12.8. The lowest BCUT2D eigenvalue weighted by atomic mass is 9.85. The maximum atomic E-state index is 14.4. The molecule has 4 aliphatic heterocycles. The number of rotatable bonds is 25. The standard InChI is InChI=1S/C35H53N7O7.C25H34N4O5.C10H19N3O2.ClH/c1-12-14-15-21(26(44)29(46)36-16-13-2)37-28(45)25-24-20(35(24,9)10)17-42(25)30(47)27(34(6,7)8)39-31(48)38-22(33(3,4)5)18-41-23(43)19-40(11)32(41)49;1-8-10-11-16(19(31)22(33)26-12-9-2)28-21(32)18-17-15(25(17,6)7)13-29(18)23(34)20(27-14-30)24(3,4)5;1-10(2,3)7(11)5-13-8(14)6-12(4)9(13)15;/h1,13,20-22,24-25,27H,2,14-19H2,3-11H3,(H,36,46)(H,37,45)(H2,38,39,48);1,9,15-18,20H,2,10-13H2,3-7H3,(H,26,33)(H,28,32);7H,5-6,11H2,1-4H3;1H/t20?,21?,22-,24?,25+,27-;15?,16?,17?,18-,20+;;/m10../s1. The number of hydrogen-bond acceptors (Lipinski definition) is 16. The molecule has 548 valence electrons. The number of imide groups is 2. The third kappa shape index (κ3) is 20.6. The van der Waals surface area contributed by atoms with Crippen LogP contribution in [0.4, 0.5) is 14.4 Å². The third-order valence-corrected chi connectivity index (χ3v) is 19.5. The fraction of sp³-hybridized carbons (Fsp3) is 0.686. The van der Waals surface area contributed by atoms with Crippen molar-refractivity contribution in [1.82, 2.24) is 61.3 Å². The van der Waals surface area contributed by atoms with Crippen LogP contribution in [0, 0.1) is 80.8 Å². The van der Waals surface area contributed by atoms with Crippen LogP contribution in [0.1, 0.15) is 136 Å². The lowest BCUT2D eigenvalue weighted by Crippen LogP contribution is -2.63. The maximum Gasteiger partial charge on any atom is 0.327 e. The normalized spacial score (nSPS) is 22.7. The highest BCUT2D eigenvalue weighted by Gasteiger charge is 2.71. The van der Waals surface area contributed by atoms with Crippen LogP contribution in [0.2, 0.25) is 0 Å². The molecule has 2 saturated carbocycles. The summed E-state index contributed by atoms with van der Waals surface area (Å²) in [5, 5.41) is 15.9. The summed E-state index contributed by atoms with van der Waals surface area (Å²) in [7, 11) is 3.14. The Balaban J connectivity index is 0.000000439. The molecule has 8 N–H and O–H groups in total. The molecular weight excluding hydrogens is 1300 g/mol. The number of piperidine rings is 2. The van der Waals surface area contributed by atoms with Crippen LogP contribution < -0.4 is 37.6 Å². The SMILES string of the molecule is C#CCCC(NC(=O)[C@@H]1C2C(CN1C(=O)[C@@H](N=C=O)C(C)(C)C)C2(C)C)C(=O)C(=O)NCC=C.C#CCCC(NC(=O)[C@@H]1C2C(CN1C(=O)[C@@H](NC(=O)N[C@H](CN1C(=O)CN(C)C1=O)C(C)(C)C)C(C)(C)C)C2(C)C)C(=O)C(=O)NCC=C.CN1CC(=O)N(CC(N)C(C)(C)C)C1=O.Cl. The minimum absolute atomic E-state index is 0. The zero-order valence-corrected chi connectivity index (χ0v) is 61.8. The van der Waals surface area contributed by atoms with E-state index < -0.39 is 118 Å². The van der Waals surface area contributed by atoms with E-state index in [4.69, 9.17) is 18.6 Å². The van der Waals surface area contributed by atoms with Gasteiger partial charge in [-0.05, 0) is 69.0 Å². The number of fused-ring (bicyclic) bond motifs is 2. The lowest BCUT2D eigenvalue weighted by molar-refractivity contribution is -0.145. The van der Waals surface area contributed by atoms with Gasteiger partial charge in [-0.25, -0.2) is 19.2 Å². The summed E-state index contributed by atoms with van der Waals surface area (Å²) in [4.78, 5) is 190. The zero-order chi connectivity index (χ0) is 74.9. The van der Waals surface area contributed by atoms with Crippen LogP contribution in [0.3, 0.4) is 0 Å². The van der Waals surface area contributed by atoms with E-state index in [-0.39, 0.29) is 141 Å². The van der Waals surface area contributed by atoms with Crippen molar-refractivity contribution < 1.29 is 67.1 Å². The summed E-state index contributed by atoms with van der Waals surface area (Å²) >= 11 is 0. The number of carbonyl (C=O) groups excluding carboxylic acids is 14. The summed E-state index contributed by atoms with van der Waals surface area (Å²) in [6.07, 6.45) is 15.5. The Morgan fingerprint density at radius 1 is 0.606 bits per heavy atom. The topological polar surface area (TPSA) is 369 Å². The number of likely N-dealkylation sites (N-methyl/N-ethyl adjacent to an activating group) is 2. The van der Waals surface area contributed by atoms with Gasteiger partial charge in [0.1, 0.15) is 37.3 Å². The van der Waals surface area contributed by atoms with E-state index in [0.29, 0.717) is 13.1 Å². The summed E-state index contributed by atoms with van der Waals surface area (Å²) in [5.74, 6) is -1.30. The number of hydrogen-bond donors (Lipinski definition) is 7. The van der Waals surface area contributed by atoms with Crippen molar-refractivity contribution in [2.75, 3.05) is 66.5 Å². The van der Waals surface area contributed by atoms with Crippen LogP contribution >= 0.6 is 12.4 Å². The number of isocyanates is 1. The number of Topliss-reactive ketones (excluding diaryl/α,β-unsaturated/α-hetero) is 2. The smallest absolute Gasteiger partial charge is 0.327 e. The van der Waals surface area contributed by atoms with Gasteiger partial charge in [-0.2, -0.15) is 4.99 Å². The molecule has 6 aliphatic rings. The van der Waals surface area contributed by atoms with Crippen LogP contribution in [-0.4, -0.2) is 227 Å². The molecule has 7 unspecified atom stereocenters. The Labute approximate surface area is 589 Å². The number of aliphatic imine (C=N–C) groups is 1. The molecule has 6 rings (SSSR count). The van der Waals surface area contributed by atoms with Crippen molar-refractivity contribution in [3.63, 3.8) is 0 Å². The molecule has 99 heavy (non-hydrogen) atoms. The number of terminal acetylenes is 2. The van der Waals surface area contributed by atoms with Crippen molar-refractivity contribution >= 4 is 95.4 Å².